The third-order valence-corrected chi connectivity index (χ3v) is 4.27. The number of aliphatic hydroxyl groups is 1. The highest BCUT2D eigenvalue weighted by molar-refractivity contribution is 6.56. The highest BCUT2D eigenvalue weighted by Gasteiger charge is 2.41. The lowest BCUT2D eigenvalue weighted by Gasteiger charge is -2.48. The van der Waals surface area contributed by atoms with E-state index in [1.54, 1.807) is 0 Å². The van der Waals surface area contributed by atoms with Crippen molar-refractivity contribution in [2.45, 2.75) is 42.4 Å². The van der Waals surface area contributed by atoms with Gasteiger partial charge in [-0.15, -0.1) is 0 Å². The molecule has 1 N–H and O–H groups in total. The van der Waals surface area contributed by atoms with Gasteiger partial charge in [0.2, 0.25) is 0 Å². The first-order valence-corrected chi connectivity index (χ1v) is 6.91. The highest BCUT2D eigenvalue weighted by Crippen LogP contribution is 2.36. The lowest BCUT2D eigenvalue weighted by molar-refractivity contribution is -0.153. The third kappa shape index (κ3) is 2.82. The first-order valence-electron chi connectivity index (χ1n) is 5.67. The van der Waals surface area contributed by atoms with Crippen LogP contribution in [0.15, 0.2) is 0 Å². The summed E-state index contributed by atoms with van der Waals surface area (Å²) in [6.45, 7) is 1.46. The predicted molar refractivity (Wildman–Crippen MR) is 60.6 cm³/mol. The van der Waals surface area contributed by atoms with E-state index in [0.29, 0.717) is 12.8 Å². The van der Waals surface area contributed by atoms with Gasteiger partial charge >= 0.3 is 0 Å². The zero-order valence-electron chi connectivity index (χ0n) is 9.26. The molecule has 4 radical (unpaired) electrons. The summed E-state index contributed by atoms with van der Waals surface area (Å²) >= 11 is 4.84. The second kappa shape index (κ2) is 4.98. The molecule has 2 fully saturated rings. The van der Waals surface area contributed by atoms with E-state index >= 15 is 0 Å². The fraction of sp³-hybridized carbons (Fsp3) is 0.900. The molecule has 0 bridgehead atoms. The maximum absolute atomic E-state index is 11.2. The van der Waals surface area contributed by atoms with Crippen LogP contribution in [0.4, 0.5) is 4.79 Å². The summed E-state index contributed by atoms with van der Waals surface area (Å²) in [5, 5.41) is 9.79. The Hall–Kier alpha value is 0.455. The van der Waals surface area contributed by atoms with E-state index in [9.17, 15) is 9.90 Å². The number of ether oxygens (including phenoxy) is 1. The third-order valence-electron chi connectivity index (χ3n) is 3.50. The molecule has 1 spiro atoms. The number of carbonyl (C=O) groups excluding carboxylic acids is 1. The van der Waals surface area contributed by atoms with Crippen molar-refractivity contribution >= 4 is 37.3 Å². The van der Waals surface area contributed by atoms with Crippen LogP contribution in [0.1, 0.15) is 25.7 Å². The Morgan fingerprint density at radius 2 is 2.06 bits per heavy atom. The Morgan fingerprint density at radius 1 is 1.44 bits per heavy atom. The van der Waals surface area contributed by atoms with Gasteiger partial charge in [-0.25, -0.2) is 0 Å². The van der Waals surface area contributed by atoms with E-state index in [0.717, 1.165) is 25.9 Å². The summed E-state index contributed by atoms with van der Waals surface area (Å²) < 4.78 is 6.02. The Kier molecular flexibility index (Phi) is 4.02. The zero-order valence-corrected chi connectivity index (χ0v) is 11.6. The average Bonchev–Trinajstić information content (AvgIpc) is 2.16. The van der Waals surface area contributed by atoms with Gasteiger partial charge in [-0.05, 0) is 24.2 Å². The van der Waals surface area contributed by atoms with Gasteiger partial charge in [-0.3, -0.25) is 0 Å². The van der Waals surface area contributed by atoms with Crippen LogP contribution < -0.4 is 0 Å². The first kappa shape index (κ1) is 12.9. The molecule has 4 nitrogen and oxygen atoms in total. The fourth-order valence-corrected chi connectivity index (χ4v) is 3.52. The maximum atomic E-state index is 11.2. The van der Waals surface area contributed by atoms with Crippen LogP contribution in [-0.4, -0.2) is 77.1 Å². The smallest absolute Gasteiger partial charge is 0.281 e. The second-order valence-electron chi connectivity index (χ2n) is 4.76. The minimum Gasteiger partial charge on any atom is -0.393 e. The Balaban J connectivity index is 1.98. The molecule has 2 saturated heterocycles. The fourth-order valence-electron chi connectivity index (χ4n) is 2.65. The molecule has 2 unspecified atom stereocenters. The quantitative estimate of drug-likeness (QED) is 0.605. The van der Waals surface area contributed by atoms with E-state index in [-0.39, 0.29) is 21.4 Å². The number of hydrogen-bond acceptors (Lipinski definition) is 3. The normalized spacial score (nSPS) is 33.9. The van der Waals surface area contributed by atoms with Crippen LogP contribution >= 0.6 is 0 Å². The van der Waals surface area contributed by atoms with E-state index < -0.39 is 0 Å². The Bertz CT molecular complexity index is 267. The summed E-state index contributed by atoms with van der Waals surface area (Å²) in [4.78, 5) is 13.1. The highest BCUT2D eigenvalue weighted by atomic mass is 27.1. The number of rotatable bonds is 0. The van der Waals surface area contributed by atoms with E-state index in [4.69, 9.17) is 4.74 Å². The van der Waals surface area contributed by atoms with Crippen molar-refractivity contribution in [2.24, 2.45) is 0 Å². The van der Waals surface area contributed by atoms with Crippen molar-refractivity contribution in [3.8, 4) is 0 Å². The molecular formula is C10H15Al2NO3. The van der Waals surface area contributed by atoms with Gasteiger partial charge in [0, 0.05) is 19.5 Å². The molecular weight excluding hydrogens is 236 g/mol. The minimum absolute atomic E-state index is 0.0435. The van der Waals surface area contributed by atoms with E-state index in [1.165, 1.54) is 0 Å². The SMILES string of the molecule is O=[C]([Al])N1CCC2(CC1)CC(O)C[CH]([Al])O2. The molecule has 84 valence electrons. The molecule has 0 aromatic rings. The summed E-state index contributed by atoms with van der Waals surface area (Å²) in [5.74, 6) is 0. The number of amides is 1. The van der Waals surface area contributed by atoms with Gasteiger partial charge in [0.1, 0.15) is 0 Å². The molecule has 6 heteroatoms. The Labute approximate surface area is 112 Å². The predicted octanol–water partition coefficient (Wildman–Crippen LogP) is -0.225. The second-order valence-corrected chi connectivity index (χ2v) is 6.00. The van der Waals surface area contributed by atoms with E-state index in [1.807, 2.05) is 4.90 Å². The standard InChI is InChI=1S/C10H15NO3.2Al/c12-8-11-4-2-10(3-5-11)7-9(13)1-6-14-10;;/h6,9,13H,1-5,7H2;;. The van der Waals surface area contributed by atoms with Crippen molar-refractivity contribution in [3.63, 3.8) is 0 Å². The van der Waals surface area contributed by atoms with Crippen LogP contribution in [0.5, 0.6) is 0 Å². The number of hydrogen-bond donors (Lipinski definition) is 1. The van der Waals surface area contributed by atoms with Crippen LogP contribution in [0.2, 0.25) is 0 Å². The minimum atomic E-state index is -0.269. The first-order chi connectivity index (χ1) is 7.51. The number of aliphatic hydroxyl groups excluding tert-OH is 1. The van der Waals surface area contributed by atoms with Crippen LogP contribution in [0, 0.1) is 0 Å². The molecule has 16 heavy (non-hydrogen) atoms. The molecule has 2 heterocycles. The van der Waals surface area contributed by atoms with Crippen LogP contribution in [0.25, 0.3) is 0 Å². The van der Waals surface area contributed by atoms with Gasteiger partial charge in [-0.2, -0.15) is 0 Å². The number of carbonyl (C=O) groups is 1. The van der Waals surface area contributed by atoms with Crippen molar-refractivity contribution < 1.29 is 14.6 Å². The number of likely N-dealkylation sites (tertiary alicyclic amines) is 1. The molecule has 0 saturated carbocycles. The van der Waals surface area contributed by atoms with Gasteiger partial charge in [0.25, 0.3) is 16.3 Å². The summed E-state index contributed by atoms with van der Waals surface area (Å²) in [6.07, 6.45) is 2.79. The summed E-state index contributed by atoms with van der Waals surface area (Å²) in [6, 6.07) is 0. The molecule has 0 aliphatic carbocycles. The topological polar surface area (TPSA) is 49.8 Å². The molecule has 0 aromatic carbocycles. The monoisotopic (exact) mass is 251 g/mol. The number of nitrogens with zero attached hydrogens (tertiary/aromatic N) is 1. The molecule has 2 aliphatic heterocycles. The van der Waals surface area contributed by atoms with Gasteiger partial charge in [-0.1, -0.05) is 0 Å². The lowest BCUT2D eigenvalue weighted by Crippen LogP contribution is -2.53. The lowest BCUT2D eigenvalue weighted by atomic mass is 9.83. The van der Waals surface area contributed by atoms with Crippen molar-refractivity contribution in [2.75, 3.05) is 13.1 Å². The van der Waals surface area contributed by atoms with Gasteiger partial charge in [0.05, 0.1) is 16.5 Å². The summed E-state index contributed by atoms with van der Waals surface area (Å²) in [7, 11) is 0. The average molecular weight is 251 g/mol. The van der Waals surface area contributed by atoms with Gasteiger partial charge in [0.15, 0.2) is 16.3 Å². The van der Waals surface area contributed by atoms with Crippen molar-refractivity contribution in [1.29, 1.82) is 0 Å². The number of piperidine rings is 1. The molecule has 2 atom stereocenters. The molecule has 2 rings (SSSR count). The largest absolute Gasteiger partial charge is 0.393 e. The summed E-state index contributed by atoms with van der Waals surface area (Å²) in [5.41, 5.74) is -0.208. The zero-order chi connectivity index (χ0) is 11.8. The molecule has 2 aliphatic rings. The Morgan fingerprint density at radius 3 is 2.56 bits per heavy atom. The van der Waals surface area contributed by atoms with Crippen LogP contribution in [-0.2, 0) is 4.74 Å². The van der Waals surface area contributed by atoms with Crippen LogP contribution in [0.3, 0.4) is 0 Å². The van der Waals surface area contributed by atoms with E-state index in [2.05, 4.69) is 32.6 Å². The molecule has 0 aromatic heterocycles. The van der Waals surface area contributed by atoms with Crippen molar-refractivity contribution in [3.05, 3.63) is 0 Å². The van der Waals surface area contributed by atoms with Crippen molar-refractivity contribution in [1.82, 2.24) is 4.90 Å². The van der Waals surface area contributed by atoms with Gasteiger partial charge < -0.3 is 19.5 Å². The maximum Gasteiger partial charge on any atom is 0.281 e. The molecule has 1 amide bonds.